The SMILES string of the molecule is CCOC(=O)c1ccc(NC(=O)CCCn2c(O)c(/C=C3/C=Nc4ccccc43)sc2=S)cc1. The number of anilines is 1. The highest BCUT2D eigenvalue weighted by molar-refractivity contribution is 7.73. The van der Waals surface area contributed by atoms with Crippen molar-refractivity contribution in [3.63, 3.8) is 0 Å². The van der Waals surface area contributed by atoms with E-state index in [1.54, 1.807) is 42.0 Å². The van der Waals surface area contributed by atoms with Gasteiger partial charge in [0.2, 0.25) is 11.8 Å². The van der Waals surface area contributed by atoms with Crippen molar-refractivity contribution in [3.05, 3.63) is 68.5 Å². The quantitative estimate of drug-likeness (QED) is 0.304. The first-order valence-electron chi connectivity index (χ1n) is 10.8. The monoisotopic (exact) mass is 493 g/mol. The summed E-state index contributed by atoms with van der Waals surface area (Å²) in [7, 11) is 0. The summed E-state index contributed by atoms with van der Waals surface area (Å²) < 4.78 is 7.14. The molecule has 0 spiro atoms. The smallest absolute Gasteiger partial charge is 0.338 e. The Balaban J connectivity index is 1.34. The average Bonchev–Trinajstić information content (AvgIpc) is 3.35. The van der Waals surface area contributed by atoms with Gasteiger partial charge in [-0.05, 0) is 62.0 Å². The maximum atomic E-state index is 12.3. The molecule has 0 aliphatic carbocycles. The zero-order valence-electron chi connectivity index (χ0n) is 18.5. The minimum atomic E-state index is -0.396. The summed E-state index contributed by atoms with van der Waals surface area (Å²) in [6.45, 7) is 2.48. The first kappa shape index (κ1) is 23.6. The van der Waals surface area contributed by atoms with E-state index in [0.29, 0.717) is 39.7 Å². The number of para-hydroxylation sites is 1. The number of rotatable bonds is 8. The lowest BCUT2D eigenvalue weighted by Crippen LogP contribution is -2.12. The minimum Gasteiger partial charge on any atom is -0.493 e. The number of aromatic hydroxyl groups is 1. The van der Waals surface area contributed by atoms with E-state index >= 15 is 0 Å². The lowest BCUT2D eigenvalue weighted by molar-refractivity contribution is -0.116. The van der Waals surface area contributed by atoms with Crippen LogP contribution in [0.15, 0.2) is 53.5 Å². The maximum absolute atomic E-state index is 12.3. The first-order chi connectivity index (χ1) is 16.5. The number of nitrogens with one attached hydrogen (secondary N) is 1. The van der Waals surface area contributed by atoms with Gasteiger partial charge in [-0.25, -0.2) is 4.79 Å². The standard InChI is InChI=1S/C25H23N3O4S2/c1-2-32-24(31)16-9-11-18(12-10-16)27-22(29)8-5-13-28-23(30)21(34-25(28)33)14-17-15-26-20-7-4-3-6-19(17)20/h3-4,6-7,9-12,14-15,30H,2,5,8,13H2,1H3,(H,27,29)/b17-14-. The number of hydrogen-bond acceptors (Lipinski definition) is 7. The predicted octanol–water partition coefficient (Wildman–Crippen LogP) is 5.84. The molecule has 4 rings (SSSR count). The van der Waals surface area contributed by atoms with Crippen molar-refractivity contribution in [1.82, 2.24) is 4.57 Å². The highest BCUT2D eigenvalue weighted by Gasteiger charge is 2.15. The van der Waals surface area contributed by atoms with Crippen molar-refractivity contribution in [2.24, 2.45) is 4.99 Å². The van der Waals surface area contributed by atoms with Gasteiger partial charge in [-0.1, -0.05) is 18.2 Å². The minimum absolute atomic E-state index is 0.0928. The van der Waals surface area contributed by atoms with E-state index in [1.807, 2.05) is 30.3 Å². The Morgan fingerprint density at radius 1 is 1.21 bits per heavy atom. The Morgan fingerprint density at radius 2 is 1.97 bits per heavy atom. The number of benzene rings is 2. The zero-order valence-corrected chi connectivity index (χ0v) is 20.1. The molecular formula is C25H23N3O4S2. The van der Waals surface area contributed by atoms with Crippen LogP contribution in [0.5, 0.6) is 5.88 Å². The highest BCUT2D eigenvalue weighted by Crippen LogP contribution is 2.35. The van der Waals surface area contributed by atoms with E-state index in [4.69, 9.17) is 17.0 Å². The summed E-state index contributed by atoms with van der Waals surface area (Å²) in [6, 6.07) is 14.4. The Kier molecular flexibility index (Phi) is 7.34. The van der Waals surface area contributed by atoms with E-state index in [2.05, 4.69) is 10.3 Å². The van der Waals surface area contributed by atoms with Gasteiger partial charge in [0.05, 0.1) is 22.7 Å². The fraction of sp³-hybridized carbons (Fsp3) is 0.200. The Labute approximate surface area is 206 Å². The summed E-state index contributed by atoms with van der Waals surface area (Å²) in [5, 5.41) is 13.5. The molecule has 1 aliphatic rings. The Hall–Kier alpha value is -3.56. The third-order valence-electron chi connectivity index (χ3n) is 5.20. The van der Waals surface area contributed by atoms with Gasteiger partial charge in [0, 0.05) is 36.0 Å². The number of fused-ring (bicyclic) bond motifs is 1. The molecule has 9 heteroatoms. The van der Waals surface area contributed by atoms with Gasteiger partial charge in [-0.15, -0.1) is 11.3 Å². The van der Waals surface area contributed by atoms with Crippen LogP contribution in [-0.4, -0.2) is 34.4 Å². The van der Waals surface area contributed by atoms with Gasteiger partial charge >= 0.3 is 5.97 Å². The van der Waals surface area contributed by atoms with Crippen LogP contribution < -0.4 is 5.32 Å². The summed E-state index contributed by atoms with van der Waals surface area (Å²) in [5.74, 6) is -0.464. The molecule has 2 N–H and O–H groups in total. The van der Waals surface area contributed by atoms with Crippen molar-refractivity contribution in [3.8, 4) is 5.88 Å². The molecule has 1 aliphatic heterocycles. The molecular weight excluding hydrogens is 470 g/mol. The van der Waals surface area contributed by atoms with Gasteiger partial charge in [-0.3, -0.25) is 14.4 Å². The summed E-state index contributed by atoms with van der Waals surface area (Å²) >= 11 is 6.76. The number of thiazole rings is 1. The first-order valence-corrected chi connectivity index (χ1v) is 12.0. The molecule has 0 atom stereocenters. The number of ether oxygens (including phenoxy) is 1. The van der Waals surface area contributed by atoms with Crippen molar-refractivity contribution in [2.75, 3.05) is 11.9 Å². The lowest BCUT2D eigenvalue weighted by Gasteiger charge is -2.08. The molecule has 2 aromatic carbocycles. The van der Waals surface area contributed by atoms with E-state index < -0.39 is 5.97 Å². The predicted molar refractivity (Wildman–Crippen MR) is 138 cm³/mol. The second-order valence-electron chi connectivity index (χ2n) is 7.53. The molecule has 1 amide bonds. The van der Waals surface area contributed by atoms with E-state index in [-0.39, 0.29) is 18.2 Å². The number of carbonyl (C=O) groups excluding carboxylic acids is 2. The second-order valence-corrected chi connectivity index (χ2v) is 9.21. The molecule has 7 nitrogen and oxygen atoms in total. The summed E-state index contributed by atoms with van der Waals surface area (Å²) in [5.41, 5.74) is 3.86. The Bertz CT molecular complexity index is 1340. The number of esters is 1. The molecule has 0 fully saturated rings. The van der Waals surface area contributed by atoms with Crippen LogP contribution in [0.25, 0.3) is 11.6 Å². The topological polar surface area (TPSA) is 92.9 Å². The van der Waals surface area contributed by atoms with Crippen molar-refractivity contribution >= 4 is 64.7 Å². The number of hydrogen-bond donors (Lipinski definition) is 2. The van der Waals surface area contributed by atoms with E-state index in [1.165, 1.54) is 11.3 Å². The van der Waals surface area contributed by atoms with E-state index in [0.717, 1.165) is 16.8 Å². The molecule has 0 bridgehead atoms. The molecule has 0 unspecified atom stereocenters. The van der Waals surface area contributed by atoms with Crippen LogP contribution in [0.2, 0.25) is 0 Å². The normalized spacial score (nSPS) is 13.1. The molecule has 0 saturated carbocycles. The van der Waals surface area contributed by atoms with Crippen LogP contribution in [0, 0.1) is 3.95 Å². The largest absolute Gasteiger partial charge is 0.493 e. The third-order valence-corrected chi connectivity index (χ3v) is 6.59. The fourth-order valence-corrected chi connectivity index (χ4v) is 4.84. The van der Waals surface area contributed by atoms with Crippen molar-refractivity contribution in [1.29, 1.82) is 0 Å². The number of nitrogens with zero attached hydrogens (tertiary/aromatic N) is 2. The van der Waals surface area contributed by atoms with E-state index in [9.17, 15) is 14.7 Å². The third kappa shape index (κ3) is 5.32. The fourth-order valence-electron chi connectivity index (χ4n) is 3.53. The van der Waals surface area contributed by atoms with Crippen LogP contribution in [0.1, 0.15) is 40.6 Å². The van der Waals surface area contributed by atoms with Gasteiger partial charge in [-0.2, -0.15) is 0 Å². The van der Waals surface area contributed by atoms with Gasteiger partial charge in [0.15, 0.2) is 3.95 Å². The number of amides is 1. The molecule has 34 heavy (non-hydrogen) atoms. The second kappa shape index (κ2) is 10.6. The summed E-state index contributed by atoms with van der Waals surface area (Å²) in [6.07, 6.45) is 4.42. The molecule has 174 valence electrons. The van der Waals surface area contributed by atoms with Crippen molar-refractivity contribution < 1.29 is 19.4 Å². The highest BCUT2D eigenvalue weighted by atomic mass is 32.1. The van der Waals surface area contributed by atoms with Crippen LogP contribution in [0.3, 0.4) is 0 Å². The maximum Gasteiger partial charge on any atom is 0.338 e. The molecule has 0 radical (unpaired) electrons. The number of aliphatic imine (C=N–C) groups is 1. The summed E-state index contributed by atoms with van der Waals surface area (Å²) in [4.78, 5) is 29.1. The van der Waals surface area contributed by atoms with Gasteiger partial charge < -0.3 is 15.2 Å². The molecule has 1 aromatic heterocycles. The average molecular weight is 494 g/mol. The molecule has 2 heterocycles. The molecule has 3 aromatic rings. The van der Waals surface area contributed by atoms with Crippen LogP contribution in [-0.2, 0) is 16.1 Å². The van der Waals surface area contributed by atoms with Gasteiger partial charge in [0.1, 0.15) is 0 Å². The van der Waals surface area contributed by atoms with Crippen LogP contribution >= 0.6 is 23.6 Å². The van der Waals surface area contributed by atoms with Crippen LogP contribution in [0.4, 0.5) is 11.4 Å². The number of allylic oxidation sites excluding steroid dienone is 1. The molecule has 0 saturated heterocycles. The van der Waals surface area contributed by atoms with Gasteiger partial charge in [0.25, 0.3) is 0 Å². The number of aromatic nitrogens is 1. The number of carbonyl (C=O) groups is 2. The lowest BCUT2D eigenvalue weighted by atomic mass is 10.1. The zero-order chi connectivity index (χ0) is 24.1. The van der Waals surface area contributed by atoms with Crippen molar-refractivity contribution in [2.45, 2.75) is 26.3 Å². The Morgan fingerprint density at radius 3 is 2.74 bits per heavy atom.